The summed E-state index contributed by atoms with van der Waals surface area (Å²) in [6.07, 6.45) is 3.04. The van der Waals surface area contributed by atoms with Gasteiger partial charge in [-0.3, -0.25) is 9.59 Å². The van der Waals surface area contributed by atoms with Crippen LogP contribution in [0.2, 0.25) is 0 Å². The maximum atomic E-state index is 13.2. The van der Waals surface area contributed by atoms with Crippen molar-refractivity contribution in [3.05, 3.63) is 45.8 Å². The summed E-state index contributed by atoms with van der Waals surface area (Å²) in [5.41, 5.74) is 2.39. The first-order valence-electron chi connectivity index (χ1n) is 10.9. The van der Waals surface area contributed by atoms with Gasteiger partial charge in [-0.05, 0) is 55.7 Å². The highest BCUT2D eigenvalue weighted by Gasteiger charge is 2.33. The summed E-state index contributed by atoms with van der Waals surface area (Å²) in [7, 11) is -3.10. The summed E-state index contributed by atoms with van der Waals surface area (Å²) < 4.78 is 29.2. The Morgan fingerprint density at radius 2 is 2.00 bits per heavy atom. The third-order valence-corrected chi connectivity index (χ3v) is 8.95. The zero-order valence-electron chi connectivity index (χ0n) is 18.3. The molecule has 1 aromatic heterocycles. The number of fused-ring (bicyclic) bond motifs is 1. The first kappa shape index (κ1) is 22.8. The predicted molar refractivity (Wildman–Crippen MR) is 125 cm³/mol. The molecule has 9 heteroatoms. The molecule has 1 aromatic carbocycles. The minimum Gasteiger partial charge on any atom is -0.483 e. The molecule has 0 spiro atoms. The molecule has 1 fully saturated rings. The number of rotatable bonds is 6. The van der Waals surface area contributed by atoms with Crippen LogP contribution in [0.15, 0.2) is 24.3 Å². The van der Waals surface area contributed by atoms with E-state index in [4.69, 9.17) is 4.74 Å². The molecule has 2 aromatic rings. The standard InChI is InChI=1S/C23H28N2O5S2/c1-14-7-8-17-19(11-14)31-23(21(17)22(27)24-16-9-10-32(28,29)13-16)25-20(26)12-30-18-6-4-3-5-15(18)2/h3-6,14,16H,7-13H2,1-2H3,(H,24,27)(H,25,26)/t14-,16-/m1/s1. The zero-order valence-corrected chi connectivity index (χ0v) is 19.9. The molecule has 1 aliphatic heterocycles. The van der Waals surface area contributed by atoms with Gasteiger partial charge in [0.2, 0.25) is 0 Å². The molecule has 0 saturated carbocycles. The first-order valence-corrected chi connectivity index (χ1v) is 13.5. The minimum atomic E-state index is -3.10. The van der Waals surface area contributed by atoms with Crippen LogP contribution >= 0.6 is 11.3 Å². The Bertz CT molecular complexity index is 1140. The normalized spacial score (nSPS) is 21.6. The van der Waals surface area contributed by atoms with Crippen molar-refractivity contribution in [2.24, 2.45) is 5.92 Å². The van der Waals surface area contributed by atoms with Gasteiger partial charge >= 0.3 is 0 Å². The SMILES string of the molecule is Cc1ccccc1OCC(=O)Nc1sc2c(c1C(=O)N[C@@H]1CCS(=O)(=O)C1)CC[C@@H](C)C2. The highest BCUT2D eigenvalue weighted by atomic mass is 32.2. The largest absolute Gasteiger partial charge is 0.483 e. The van der Waals surface area contributed by atoms with Gasteiger partial charge in [0, 0.05) is 10.9 Å². The molecule has 0 bridgehead atoms. The Morgan fingerprint density at radius 3 is 2.72 bits per heavy atom. The van der Waals surface area contributed by atoms with Crippen molar-refractivity contribution in [2.45, 2.75) is 45.6 Å². The lowest BCUT2D eigenvalue weighted by atomic mass is 9.88. The number of carbonyl (C=O) groups is 2. The van der Waals surface area contributed by atoms with Crippen LogP contribution in [0.3, 0.4) is 0 Å². The quantitative estimate of drug-likeness (QED) is 0.667. The van der Waals surface area contributed by atoms with E-state index in [1.54, 1.807) is 0 Å². The molecule has 172 valence electrons. The Balaban J connectivity index is 1.51. The number of hydrogen-bond donors (Lipinski definition) is 2. The zero-order chi connectivity index (χ0) is 22.9. The van der Waals surface area contributed by atoms with E-state index < -0.39 is 15.9 Å². The molecule has 0 unspecified atom stereocenters. The summed E-state index contributed by atoms with van der Waals surface area (Å²) in [5.74, 6) is 0.574. The lowest BCUT2D eigenvalue weighted by Crippen LogP contribution is -2.36. The second kappa shape index (κ2) is 9.23. The molecule has 2 aliphatic rings. The van der Waals surface area contributed by atoms with E-state index in [1.165, 1.54) is 11.3 Å². The number of sulfone groups is 1. The molecule has 2 N–H and O–H groups in total. The Hall–Kier alpha value is -2.39. The molecular weight excluding hydrogens is 448 g/mol. The molecule has 1 aliphatic carbocycles. The second-order valence-corrected chi connectivity index (χ2v) is 12.1. The molecule has 1 saturated heterocycles. The van der Waals surface area contributed by atoms with Crippen LogP contribution in [-0.2, 0) is 27.5 Å². The van der Waals surface area contributed by atoms with Gasteiger partial charge in [-0.1, -0.05) is 25.1 Å². The van der Waals surface area contributed by atoms with Crippen molar-refractivity contribution < 1.29 is 22.7 Å². The number of aryl methyl sites for hydroxylation is 1. The van der Waals surface area contributed by atoms with E-state index in [2.05, 4.69) is 17.6 Å². The van der Waals surface area contributed by atoms with Gasteiger partial charge in [-0.15, -0.1) is 11.3 Å². The van der Waals surface area contributed by atoms with Crippen molar-refractivity contribution in [2.75, 3.05) is 23.4 Å². The van der Waals surface area contributed by atoms with Gasteiger partial charge < -0.3 is 15.4 Å². The first-order chi connectivity index (χ1) is 15.2. The number of para-hydroxylation sites is 1. The minimum absolute atomic E-state index is 0.0337. The van der Waals surface area contributed by atoms with Gasteiger partial charge in [-0.2, -0.15) is 0 Å². The third kappa shape index (κ3) is 5.15. The monoisotopic (exact) mass is 476 g/mol. The molecule has 2 amide bonds. The fourth-order valence-corrected chi connectivity index (χ4v) is 7.37. The highest BCUT2D eigenvalue weighted by molar-refractivity contribution is 7.91. The topological polar surface area (TPSA) is 102 Å². The van der Waals surface area contributed by atoms with E-state index >= 15 is 0 Å². The van der Waals surface area contributed by atoms with Gasteiger partial charge in [0.15, 0.2) is 16.4 Å². The van der Waals surface area contributed by atoms with Crippen molar-refractivity contribution in [3.8, 4) is 5.75 Å². The fraction of sp³-hybridized carbons (Fsp3) is 0.478. The maximum absolute atomic E-state index is 13.2. The molecular formula is C23H28N2O5S2. The number of carbonyl (C=O) groups excluding carboxylic acids is 2. The van der Waals surface area contributed by atoms with Crippen LogP contribution in [0.5, 0.6) is 5.75 Å². The second-order valence-electron chi connectivity index (χ2n) is 8.73. The lowest BCUT2D eigenvalue weighted by molar-refractivity contribution is -0.118. The Morgan fingerprint density at radius 1 is 1.22 bits per heavy atom. The van der Waals surface area contributed by atoms with E-state index in [1.807, 2.05) is 31.2 Å². The number of anilines is 1. The Kier molecular flexibility index (Phi) is 6.57. The average molecular weight is 477 g/mol. The van der Waals surface area contributed by atoms with E-state index in [-0.39, 0.29) is 29.9 Å². The number of thiophene rings is 1. The van der Waals surface area contributed by atoms with E-state index in [0.717, 1.165) is 35.3 Å². The van der Waals surface area contributed by atoms with E-state index in [9.17, 15) is 18.0 Å². The van der Waals surface area contributed by atoms with Gasteiger partial charge in [0.1, 0.15) is 10.8 Å². The molecule has 2 heterocycles. The van der Waals surface area contributed by atoms with Crippen LogP contribution in [0.25, 0.3) is 0 Å². The molecule has 0 radical (unpaired) electrons. The molecule has 32 heavy (non-hydrogen) atoms. The van der Waals surface area contributed by atoms with Crippen LogP contribution in [0.4, 0.5) is 5.00 Å². The van der Waals surface area contributed by atoms with Gasteiger partial charge in [-0.25, -0.2) is 8.42 Å². The molecule has 7 nitrogen and oxygen atoms in total. The summed E-state index contributed by atoms with van der Waals surface area (Å²) in [4.78, 5) is 26.9. The number of benzene rings is 1. The highest BCUT2D eigenvalue weighted by Crippen LogP contribution is 2.39. The summed E-state index contributed by atoms with van der Waals surface area (Å²) in [6, 6.07) is 7.08. The third-order valence-electron chi connectivity index (χ3n) is 6.01. The van der Waals surface area contributed by atoms with Crippen LogP contribution < -0.4 is 15.4 Å². The van der Waals surface area contributed by atoms with E-state index in [0.29, 0.717) is 28.7 Å². The number of hydrogen-bond acceptors (Lipinski definition) is 6. The van der Waals surface area contributed by atoms with Crippen LogP contribution in [0.1, 0.15) is 46.1 Å². The van der Waals surface area contributed by atoms with Crippen molar-refractivity contribution >= 4 is 38.0 Å². The fourth-order valence-electron chi connectivity index (χ4n) is 4.27. The van der Waals surface area contributed by atoms with Crippen molar-refractivity contribution in [1.29, 1.82) is 0 Å². The molecule has 2 atom stereocenters. The smallest absolute Gasteiger partial charge is 0.262 e. The van der Waals surface area contributed by atoms with Gasteiger partial charge in [0.25, 0.3) is 11.8 Å². The summed E-state index contributed by atoms with van der Waals surface area (Å²) in [6.45, 7) is 3.93. The number of ether oxygens (including phenoxy) is 1. The summed E-state index contributed by atoms with van der Waals surface area (Å²) in [5, 5.41) is 6.27. The van der Waals surface area contributed by atoms with Crippen molar-refractivity contribution in [3.63, 3.8) is 0 Å². The average Bonchev–Trinajstić information content (AvgIpc) is 3.25. The maximum Gasteiger partial charge on any atom is 0.262 e. The lowest BCUT2D eigenvalue weighted by Gasteiger charge is -2.19. The van der Waals surface area contributed by atoms with Crippen molar-refractivity contribution in [1.82, 2.24) is 5.32 Å². The predicted octanol–water partition coefficient (Wildman–Crippen LogP) is 3.12. The number of amides is 2. The van der Waals surface area contributed by atoms with Gasteiger partial charge in [0.05, 0.1) is 17.1 Å². The Labute approximate surface area is 192 Å². The number of nitrogens with one attached hydrogen (secondary N) is 2. The molecule has 4 rings (SSSR count). The summed E-state index contributed by atoms with van der Waals surface area (Å²) >= 11 is 1.44. The van der Waals surface area contributed by atoms with Crippen LogP contribution in [0, 0.1) is 12.8 Å². The van der Waals surface area contributed by atoms with Crippen LogP contribution in [-0.4, -0.2) is 44.4 Å².